The highest BCUT2D eigenvalue weighted by molar-refractivity contribution is 8.06. The van der Waals surface area contributed by atoms with Gasteiger partial charge in [0.1, 0.15) is 9.23 Å². The number of pyridine rings is 1. The highest BCUT2D eigenvalue weighted by atomic mass is 35.5. The molecule has 0 fully saturated rings. The van der Waals surface area contributed by atoms with Crippen LogP contribution in [0.2, 0.25) is 5.15 Å². The van der Waals surface area contributed by atoms with Gasteiger partial charge in [-0.2, -0.15) is 12.6 Å². The number of hydrogen-bond donors (Lipinski definition) is 2. The van der Waals surface area contributed by atoms with Crippen molar-refractivity contribution in [3.05, 3.63) is 23.5 Å². The molecule has 0 amide bonds. The molecular weight excluding hydrogens is 256 g/mol. The number of rotatable bonds is 3. The molecule has 15 heavy (non-hydrogen) atoms. The monoisotopic (exact) mass is 266 g/mol. The number of anilines is 1. The van der Waals surface area contributed by atoms with Crippen LogP contribution in [0.15, 0.2) is 18.3 Å². The first-order valence-corrected chi connectivity index (χ1v) is 6.39. The first-order valence-electron chi connectivity index (χ1n) is 4.09. The normalized spacial score (nSPS) is 12.5. The summed E-state index contributed by atoms with van der Waals surface area (Å²) < 4.78 is 24.5. The first kappa shape index (κ1) is 12.6. The number of sulfonamides is 1. The maximum atomic E-state index is 11.7. The molecule has 0 spiro atoms. The largest absolute Gasteiger partial charge is 0.281 e. The summed E-state index contributed by atoms with van der Waals surface area (Å²) in [5.41, 5.74) is 0.363. The van der Waals surface area contributed by atoms with Crippen LogP contribution >= 0.6 is 24.2 Å². The van der Waals surface area contributed by atoms with Gasteiger partial charge in [0.05, 0.1) is 11.9 Å². The minimum atomic E-state index is -3.53. The molecule has 0 atom stereocenters. The van der Waals surface area contributed by atoms with Gasteiger partial charge in [-0.3, -0.25) is 4.72 Å². The lowest BCUT2D eigenvalue weighted by molar-refractivity contribution is 0.588. The summed E-state index contributed by atoms with van der Waals surface area (Å²) in [7, 11) is -3.53. The summed E-state index contributed by atoms with van der Waals surface area (Å²) in [5.74, 6) is 0. The average Bonchev–Trinajstić information content (AvgIpc) is 2.06. The Kier molecular flexibility index (Phi) is 3.52. The fourth-order valence-electron chi connectivity index (χ4n) is 0.716. The Morgan fingerprint density at radius 2 is 2.07 bits per heavy atom. The van der Waals surface area contributed by atoms with E-state index in [-0.39, 0.29) is 0 Å². The lowest BCUT2D eigenvalue weighted by Crippen LogP contribution is -2.31. The number of hydrogen-bond acceptors (Lipinski definition) is 4. The SMILES string of the molecule is CC(C)(S)S(=O)(=O)Nc1ccc(Cl)nc1. The van der Waals surface area contributed by atoms with Crippen molar-refractivity contribution in [1.29, 1.82) is 0 Å². The van der Waals surface area contributed by atoms with Gasteiger partial charge in [-0.25, -0.2) is 13.4 Å². The second-order valence-electron chi connectivity index (χ2n) is 3.42. The summed E-state index contributed by atoms with van der Waals surface area (Å²) in [5, 5.41) is 0.308. The lowest BCUT2D eigenvalue weighted by atomic mass is 10.4. The van der Waals surface area contributed by atoms with Crippen molar-refractivity contribution in [2.45, 2.75) is 17.9 Å². The molecular formula is C8H11ClN2O2S2. The Morgan fingerprint density at radius 1 is 1.47 bits per heavy atom. The van der Waals surface area contributed by atoms with Crippen LogP contribution in [0, 0.1) is 0 Å². The summed E-state index contributed by atoms with van der Waals surface area (Å²) in [6, 6.07) is 3.04. The van der Waals surface area contributed by atoms with Crippen molar-refractivity contribution in [1.82, 2.24) is 4.98 Å². The molecule has 0 aromatic carbocycles. The molecule has 1 N–H and O–H groups in total. The van der Waals surface area contributed by atoms with E-state index in [1.165, 1.54) is 32.2 Å². The van der Waals surface area contributed by atoms with Crippen molar-refractivity contribution in [3.8, 4) is 0 Å². The maximum absolute atomic E-state index is 11.7. The summed E-state index contributed by atoms with van der Waals surface area (Å²) >= 11 is 9.56. The molecule has 0 saturated carbocycles. The fourth-order valence-corrected chi connectivity index (χ4v) is 1.65. The van der Waals surface area contributed by atoms with Gasteiger partial charge in [-0.05, 0) is 26.0 Å². The molecule has 1 aromatic rings. The quantitative estimate of drug-likeness (QED) is 0.651. The standard InChI is InChI=1S/C8H11ClN2O2S2/c1-8(2,14)15(12,13)11-6-3-4-7(9)10-5-6/h3-5,11,14H,1-2H3. The molecule has 1 rings (SSSR count). The van der Waals surface area contributed by atoms with Gasteiger partial charge in [0.2, 0.25) is 10.0 Å². The lowest BCUT2D eigenvalue weighted by Gasteiger charge is -2.19. The van der Waals surface area contributed by atoms with E-state index in [4.69, 9.17) is 11.6 Å². The van der Waals surface area contributed by atoms with Gasteiger partial charge in [-0.15, -0.1) is 0 Å². The minimum Gasteiger partial charge on any atom is -0.281 e. The van der Waals surface area contributed by atoms with E-state index in [0.29, 0.717) is 10.8 Å². The molecule has 0 aliphatic rings. The Morgan fingerprint density at radius 3 is 2.47 bits per heavy atom. The number of nitrogens with zero attached hydrogens (tertiary/aromatic N) is 1. The second kappa shape index (κ2) is 4.19. The van der Waals surface area contributed by atoms with Gasteiger partial charge in [0.25, 0.3) is 0 Å². The fraction of sp³-hybridized carbons (Fsp3) is 0.375. The topological polar surface area (TPSA) is 59.1 Å². The molecule has 84 valence electrons. The van der Waals surface area contributed by atoms with Crippen LogP contribution < -0.4 is 4.72 Å². The van der Waals surface area contributed by atoms with Crippen LogP contribution in [0.3, 0.4) is 0 Å². The van der Waals surface area contributed by atoms with Crippen molar-refractivity contribution >= 4 is 39.9 Å². The summed E-state index contributed by atoms with van der Waals surface area (Å²) in [4.78, 5) is 3.76. The van der Waals surface area contributed by atoms with Crippen LogP contribution in [-0.2, 0) is 10.0 Å². The summed E-state index contributed by atoms with van der Waals surface area (Å²) in [6.45, 7) is 2.98. The van der Waals surface area contributed by atoms with Crippen LogP contribution in [0.25, 0.3) is 0 Å². The zero-order valence-corrected chi connectivity index (χ0v) is 10.7. The van der Waals surface area contributed by atoms with E-state index in [1.807, 2.05) is 0 Å². The van der Waals surface area contributed by atoms with Gasteiger partial charge < -0.3 is 0 Å². The number of nitrogens with one attached hydrogen (secondary N) is 1. The van der Waals surface area contributed by atoms with E-state index >= 15 is 0 Å². The third kappa shape index (κ3) is 3.25. The van der Waals surface area contributed by atoms with Crippen LogP contribution in [-0.4, -0.2) is 17.5 Å². The molecule has 0 unspecified atom stereocenters. The van der Waals surface area contributed by atoms with Gasteiger partial charge in [-0.1, -0.05) is 11.6 Å². The molecule has 0 saturated heterocycles. The molecule has 0 radical (unpaired) electrons. The molecule has 1 heterocycles. The second-order valence-corrected chi connectivity index (χ2v) is 7.46. The molecule has 7 heteroatoms. The Labute approximate surface area is 99.5 Å². The average molecular weight is 267 g/mol. The zero-order chi connectivity index (χ0) is 11.7. The summed E-state index contributed by atoms with van der Waals surface area (Å²) in [6.07, 6.45) is 1.35. The number of thiol groups is 1. The molecule has 1 aromatic heterocycles. The minimum absolute atomic E-state index is 0.308. The van der Waals surface area contributed by atoms with Gasteiger partial charge in [0.15, 0.2) is 0 Å². The Hall–Kier alpha value is -0.460. The number of aromatic nitrogens is 1. The maximum Gasteiger partial charge on any atom is 0.247 e. The Bertz CT molecular complexity index is 437. The van der Waals surface area contributed by atoms with Crippen LogP contribution in [0.4, 0.5) is 5.69 Å². The van der Waals surface area contributed by atoms with Gasteiger partial charge in [0, 0.05) is 0 Å². The molecule has 4 nitrogen and oxygen atoms in total. The Balaban J connectivity index is 2.93. The highest BCUT2D eigenvalue weighted by Crippen LogP contribution is 2.23. The van der Waals surface area contributed by atoms with Crippen molar-refractivity contribution in [2.75, 3.05) is 4.72 Å². The first-order chi connectivity index (χ1) is 6.72. The van der Waals surface area contributed by atoms with Crippen LogP contribution in [0.1, 0.15) is 13.8 Å². The predicted molar refractivity (Wildman–Crippen MR) is 64.9 cm³/mol. The van der Waals surface area contributed by atoms with E-state index in [1.54, 1.807) is 0 Å². The van der Waals surface area contributed by atoms with E-state index in [0.717, 1.165) is 0 Å². The van der Waals surface area contributed by atoms with Crippen LogP contribution in [0.5, 0.6) is 0 Å². The van der Waals surface area contributed by atoms with Crippen molar-refractivity contribution in [3.63, 3.8) is 0 Å². The third-order valence-corrected chi connectivity index (χ3v) is 4.40. The molecule has 0 aliphatic carbocycles. The highest BCUT2D eigenvalue weighted by Gasteiger charge is 2.30. The third-order valence-electron chi connectivity index (χ3n) is 1.64. The number of halogens is 1. The molecule has 0 bridgehead atoms. The van der Waals surface area contributed by atoms with Gasteiger partial charge >= 0.3 is 0 Å². The van der Waals surface area contributed by atoms with Crippen molar-refractivity contribution in [2.24, 2.45) is 0 Å². The molecule has 0 aliphatic heterocycles. The van der Waals surface area contributed by atoms with E-state index in [9.17, 15) is 8.42 Å². The predicted octanol–water partition coefficient (Wildman–Crippen LogP) is 2.14. The van der Waals surface area contributed by atoms with Crippen molar-refractivity contribution < 1.29 is 8.42 Å². The zero-order valence-electron chi connectivity index (χ0n) is 8.23. The van der Waals surface area contributed by atoms with E-state index in [2.05, 4.69) is 22.3 Å². The smallest absolute Gasteiger partial charge is 0.247 e. The van der Waals surface area contributed by atoms with E-state index < -0.39 is 14.1 Å².